The van der Waals surface area contributed by atoms with Crippen LogP contribution in [0.2, 0.25) is 0 Å². The zero-order valence-corrected chi connectivity index (χ0v) is 17.6. The highest BCUT2D eigenvalue weighted by atomic mass is 32.2. The second kappa shape index (κ2) is 7.50. The lowest BCUT2D eigenvalue weighted by Crippen LogP contribution is -2.12. The molecule has 3 aromatic heterocycles. The molecule has 10 heteroatoms. The minimum absolute atomic E-state index is 0.0407. The summed E-state index contributed by atoms with van der Waals surface area (Å²) in [4.78, 5) is 19.6. The third kappa shape index (κ3) is 3.46. The number of benzene rings is 2. The van der Waals surface area contributed by atoms with Crippen molar-refractivity contribution in [1.82, 2.24) is 19.7 Å². The Morgan fingerprint density at radius 3 is 2.50 bits per heavy atom. The maximum absolute atomic E-state index is 12.6. The number of nitrogens with zero attached hydrogens (tertiary/aromatic N) is 3. The number of sulfonamides is 1. The Balaban J connectivity index is 1.57. The number of aromatic amines is 1. The Morgan fingerprint density at radius 2 is 1.81 bits per heavy atom. The third-order valence-electron chi connectivity index (χ3n) is 4.96. The highest BCUT2D eigenvalue weighted by Crippen LogP contribution is 2.29. The average molecular weight is 447 g/mol. The number of aryl methyl sites for hydroxylation is 1. The SMILES string of the molecule is Cc1cc(NS(=O)(=O)c2ccc(-n3cc(-c4ccccc4)c4c(=O)[nH]cnc43)cc2)on1. The largest absolute Gasteiger partial charge is 0.338 e. The fourth-order valence-corrected chi connectivity index (χ4v) is 4.47. The number of nitrogens with one attached hydrogen (secondary N) is 2. The summed E-state index contributed by atoms with van der Waals surface area (Å²) in [6.07, 6.45) is 3.17. The van der Waals surface area contributed by atoms with E-state index in [1.54, 1.807) is 23.6 Å². The number of aromatic nitrogens is 4. The van der Waals surface area contributed by atoms with E-state index in [1.165, 1.54) is 24.5 Å². The minimum atomic E-state index is -3.85. The summed E-state index contributed by atoms with van der Waals surface area (Å²) in [6.45, 7) is 1.69. The van der Waals surface area contributed by atoms with Crippen molar-refractivity contribution in [3.8, 4) is 16.8 Å². The van der Waals surface area contributed by atoms with Crippen LogP contribution in [0.5, 0.6) is 0 Å². The summed E-state index contributed by atoms with van der Waals surface area (Å²) >= 11 is 0. The maximum Gasteiger partial charge on any atom is 0.264 e. The standard InChI is InChI=1S/C22H17N5O4S/c1-14-11-19(31-25-14)26-32(29,30)17-9-7-16(8-10-17)27-12-18(15-5-3-2-4-6-15)20-21(27)23-13-24-22(20)28/h2-13,26H,1H3,(H,23,24,28). The first kappa shape index (κ1) is 19.8. The van der Waals surface area contributed by atoms with Gasteiger partial charge in [-0.3, -0.25) is 4.79 Å². The molecule has 32 heavy (non-hydrogen) atoms. The van der Waals surface area contributed by atoms with Gasteiger partial charge in [-0.2, -0.15) is 0 Å². The Hall–Kier alpha value is -4.18. The molecule has 0 saturated heterocycles. The van der Waals surface area contributed by atoms with Crippen molar-refractivity contribution < 1.29 is 12.9 Å². The summed E-state index contributed by atoms with van der Waals surface area (Å²) in [7, 11) is -3.85. The van der Waals surface area contributed by atoms with Crippen LogP contribution in [-0.4, -0.2) is 28.1 Å². The third-order valence-corrected chi connectivity index (χ3v) is 6.32. The number of hydrogen-bond donors (Lipinski definition) is 2. The lowest BCUT2D eigenvalue weighted by molar-refractivity contribution is 0.430. The van der Waals surface area contributed by atoms with Crippen LogP contribution < -0.4 is 10.3 Å². The summed E-state index contributed by atoms with van der Waals surface area (Å²) in [5.41, 5.74) is 3.05. The van der Waals surface area contributed by atoms with Crippen molar-refractivity contribution in [3.63, 3.8) is 0 Å². The smallest absolute Gasteiger partial charge is 0.264 e. The molecule has 2 aromatic carbocycles. The topological polar surface area (TPSA) is 123 Å². The zero-order valence-electron chi connectivity index (χ0n) is 16.8. The second-order valence-electron chi connectivity index (χ2n) is 7.14. The van der Waals surface area contributed by atoms with E-state index < -0.39 is 10.0 Å². The first-order valence-corrected chi connectivity index (χ1v) is 11.1. The summed E-state index contributed by atoms with van der Waals surface area (Å²) in [5, 5.41) is 4.13. The van der Waals surface area contributed by atoms with Crippen molar-refractivity contribution in [1.29, 1.82) is 0 Å². The average Bonchev–Trinajstić information content (AvgIpc) is 3.38. The lowest BCUT2D eigenvalue weighted by Gasteiger charge is -2.08. The molecule has 0 fully saturated rings. The first-order valence-electron chi connectivity index (χ1n) is 9.63. The van der Waals surface area contributed by atoms with Gasteiger partial charge in [0.25, 0.3) is 15.6 Å². The molecule has 0 saturated carbocycles. The second-order valence-corrected chi connectivity index (χ2v) is 8.82. The van der Waals surface area contributed by atoms with Gasteiger partial charge in [0.05, 0.1) is 22.3 Å². The molecule has 0 amide bonds. The zero-order chi connectivity index (χ0) is 22.3. The molecule has 0 radical (unpaired) electrons. The molecule has 5 aromatic rings. The predicted molar refractivity (Wildman–Crippen MR) is 119 cm³/mol. The van der Waals surface area contributed by atoms with Crippen LogP contribution in [0, 0.1) is 6.92 Å². The van der Waals surface area contributed by atoms with E-state index in [1.807, 2.05) is 36.5 Å². The number of fused-ring (bicyclic) bond motifs is 1. The van der Waals surface area contributed by atoms with Gasteiger partial charge in [-0.1, -0.05) is 35.5 Å². The minimum Gasteiger partial charge on any atom is -0.338 e. The molecule has 3 heterocycles. The number of rotatable bonds is 5. The molecule has 9 nitrogen and oxygen atoms in total. The molecule has 0 aliphatic carbocycles. The van der Waals surface area contributed by atoms with Gasteiger partial charge in [0.1, 0.15) is 0 Å². The van der Waals surface area contributed by atoms with E-state index in [2.05, 4.69) is 19.8 Å². The number of hydrogen-bond acceptors (Lipinski definition) is 6. The van der Waals surface area contributed by atoms with Crippen LogP contribution in [-0.2, 0) is 10.0 Å². The quantitative estimate of drug-likeness (QED) is 0.425. The van der Waals surface area contributed by atoms with Crippen molar-refractivity contribution in [3.05, 3.63) is 89.2 Å². The Morgan fingerprint density at radius 1 is 1.06 bits per heavy atom. The molecule has 160 valence electrons. The van der Waals surface area contributed by atoms with Crippen LogP contribution in [0.3, 0.4) is 0 Å². The van der Waals surface area contributed by atoms with Crippen LogP contribution in [0.15, 0.2) is 87.4 Å². The molecule has 0 unspecified atom stereocenters. The van der Waals surface area contributed by atoms with Crippen LogP contribution in [0.25, 0.3) is 27.8 Å². The van der Waals surface area contributed by atoms with E-state index in [4.69, 9.17) is 4.52 Å². The molecule has 5 rings (SSSR count). The predicted octanol–water partition coefficient (Wildman–Crippen LogP) is 3.48. The van der Waals surface area contributed by atoms with E-state index in [0.29, 0.717) is 22.4 Å². The fraction of sp³-hybridized carbons (Fsp3) is 0.0455. The van der Waals surface area contributed by atoms with Crippen molar-refractivity contribution >= 4 is 26.9 Å². The van der Waals surface area contributed by atoms with Gasteiger partial charge in [-0.05, 0) is 36.8 Å². The maximum atomic E-state index is 12.6. The molecule has 0 spiro atoms. The Bertz CT molecular complexity index is 1580. The molecular weight excluding hydrogens is 430 g/mol. The Kier molecular flexibility index (Phi) is 4.63. The molecule has 0 atom stereocenters. The van der Waals surface area contributed by atoms with Crippen LogP contribution in [0.1, 0.15) is 5.69 Å². The van der Waals surface area contributed by atoms with Gasteiger partial charge in [-0.25, -0.2) is 18.1 Å². The molecule has 0 aliphatic rings. The summed E-state index contributed by atoms with van der Waals surface area (Å²) < 4.78 is 34.3. The van der Waals surface area contributed by atoms with E-state index in [-0.39, 0.29) is 16.3 Å². The van der Waals surface area contributed by atoms with Gasteiger partial charge in [0.2, 0.25) is 5.88 Å². The van der Waals surface area contributed by atoms with Crippen molar-refractivity contribution in [2.24, 2.45) is 0 Å². The fourth-order valence-electron chi connectivity index (χ4n) is 3.49. The molecule has 2 N–H and O–H groups in total. The van der Waals surface area contributed by atoms with Crippen LogP contribution >= 0.6 is 0 Å². The van der Waals surface area contributed by atoms with Crippen LogP contribution in [0.4, 0.5) is 5.88 Å². The van der Waals surface area contributed by atoms with Crippen molar-refractivity contribution in [2.45, 2.75) is 11.8 Å². The van der Waals surface area contributed by atoms with Gasteiger partial charge in [0.15, 0.2) is 5.65 Å². The molecule has 0 bridgehead atoms. The van der Waals surface area contributed by atoms with E-state index in [9.17, 15) is 13.2 Å². The number of H-pyrrole nitrogens is 1. The first-order chi connectivity index (χ1) is 15.4. The van der Waals surface area contributed by atoms with E-state index in [0.717, 1.165) is 11.1 Å². The van der Waals surface area contributed by atoms with Gasteiger partial charge < -0.3 is 14.1 Å². The normalized spacial score (nSPS) is 11.7. The lowest BCUT2D eigenvalue weighted by atomic mass is 10.1. The van der Waals surface area contributed by atoms with Crippen molar-refractivity contribution in [2.75, 3.05) is 4.72 Å². The molecular formula is C22H17N5O4S. The highest BCUT2D eigenvalue weighted by Gasteiger charge is 2.19. The van der Waals surface area contributed by atoms with E-state index >= 15 is 0 Å². The number of anilines is 1. The monoisotopic (exact) mass is 447 g/mol. The molecule has 0 aliphatic heterocycles. The Labute approximate surface area is 182 Å². The summed E-state index contributed by atoms with van der Waals surface area (Å²) in [6, 6.07) is 17.3. The highest BCUT2D eigenvalue weighted by molar-refractivity contribution is 7.92. The van der Waals surface area contributed by atoms with Gasteiger partial charge in [0, 0.05) is 23.5 Å². The van der Waals surface area contributed by atoms with Gasteiger partial charge in [-0.15, -0.1) is 0 Å². The summed E-state index contributed by atoms with van der Waals surface area (Å²) in [5.74, 6) is 0.0407. The van der Waals surface area contributed by atoms with Gasteiger partial charge >= 0.3 is 0 Å².